The Bertz CT molecular complexity index is 730. The fourth-order valence-electron chi connectivity index (χ4n) is 3.54. The van der Waals surface area contributed by atoms with Crippen LogP contribution in [-0.2, 0) is 11.2 Å². The number of carbonyl (C=O) groups is 1. The van der Waals surface area contributed by atoms with Crippen LogP contribution in [0, 0.1) is 11.7 Å². The molecule has 1 heterocycles. The zero-order valence-electron chi connectivity index (χ0n) is 15.2. The first-order chi connectivity index (χ1) is 12.6. The van der Waals surface area contributed by atoms with Gasteiger partial charge in [0.1, 0.15) is 11.6 Å². The first-order valence-electron chi connectivity index (χ1n) is 8.81. The van der Waals surface area contributed by atoms with Gasteiger partial charge in [-0.3, -0.25) is 4.79 Å². The van der Waals surface area contributed by atoms with Crippen molar-refractivity contribution in [2.24, 2.45) is 5.92 Å². The molecule has 2 aromatic rings. The highest BCUT2D eigenvalue weighted by atomic mass is 19.1. The normalized spacial score (nSPS) is 20.0. The molecule has 2 aromatic carbocycles. The molecule has 0 aliphatic carbocycles. The molecule has 5 heteroatoms. The van der Waals surface area contributed by atoms with E-state index in [1.807, 2.05) is 29.2 Å². The smallest absolute Gasteiger partial charge is 0.253 e. The molecular weight excluding hydrogens is 333 g/mol. The van der Waals surface area contributed by atoms with Gasteiger partial charge in [-0.05, 0) is 54.8 Å². The maximum atomic E-state index is 13.1. The lowest BCUT2D eigenvalue weighted by Crippen LogP contribution is -2.47. The molecule has 2 atom stereocenters. The van der Waals surface area contributed by atoms with E-state index in [0.29, 0.717) is 18.7 Å². The predicted octanol–water partition coefficient (Wildman–Crippen LogP) is 3.55. The van der Waals surface area contributed by atoms with Crippen LogP contribution >= 0.6 is 0 Å². The van der Waals surface area contributed by atoms with Gasteiger partial charge in [0.25, 0.3) is 5.91 Å². The molecule has 4 nitrogen and oxygen atoms in total. The summed E-state index contributed by atoms with van der Waals surface area (Å²) in [7, 11) is 3.37. The van der Waals surface area contributed by atoms with E-state index >= 15 is 0 Å². The lowest BCUT2D eigenvalue weighted by molar-refractivity contribution is -0.00299. The summed E-state index contributed by atoms with van der Waals surface area (Å²) in [5, 5.41) is 0. The van der Waals surface area contributed by atoms with Crippen LogP contribution in [0.5, 0.6) is 5.75 Å². The van der Waals surface area contributed by atoms with Crippen molar-refractivity contribution in [3.8, 4) is 5.75 Å². The van der Waals surface area contributed by atoms with Crippen molar-refractivity contribution in [3.63, 3.8) is 0 Å². The van der Waals surface area contributed by atoms with Gasteiger partial charge in [0.15, 0.2) is 0 Å². The third-order valence-corrected chi connectivity index (χ3v) is 5.00. The molecule has 1 saturated heterocycles. The number of likely N-dealkylation sites (tertiary alicyclic amines) is 1. The summed E-state index contributed by atoms with van der Waals surface area (Å²) >= 11 is 0. The molecule has 1 aliphatic rings. The van der Waals surface area contributed by atoms with Gasteiger partial charge in [-0.2, -0.15) is 0 Å². The minimum absolute atomic E-state index is 0.0562. The maximum absolute atomic E-state index is 13.1. The number of hydrogen-bond donors (Lipinski definition) is 0. The molecule has 1 aliphatic heterocycles. The second-order valence-electron chi connectivity index (χ2n) is 6.63. The molecular formula is C21H24FNO3. The molecule has 0 unspecified atom stereocenters. The summed E-state index contributed by atoms with van der Waals surface area (Å²) in [6.07, 6.45) is 1.74. The average molecular weight is 357 g/mol. The number of nitrogens with zero attached hydrogens (tertiary/aromatic N) is 1. The van der Waals surface area contributed by atoms with Gasteiger partial charge < -0.3 is 14.4 Å². The lowest BCUT2D eigenvalue weighted by Gasteiger charge is -2.38. The number of ether oxygens (including phenoxy) is 2. The number of benzene rings is 2. The third kappa shape index (κ3) is 4.22. The minimum Gasteiger partial charge on any atom is -0.497 e. The summed E-state index contributed by atoms with van der Waals surface area (Å²) in [5.74, 6) is 0.650. The number of rotatable bonds is 5. The minimum atomic E-state index is -0.336. The number of piperidine rings is 1. The van der Waals surface area contributed by atoms with Crippen LogP contribution in [0.3, 0.4) is 0 Å². The summed E-state index contributed by atoms with van der Waals surface area (Å²) in [6, 6.07) is 13.7. The molecule has 26 heavy (non-hydrogen) atoms. The van der Waals surface area contributed by atoms with Crippen molar-refractivity contribution in [1.82, 2.24) is 4.90 Å². The maximum Gasteiger partial charge on any atom is 0.253 e. The van der Waals surface area contributed by atoms with Crippen LogP contribution in [0.4, 0.5) is 4.39 Å². The highest BCUT2D eigenvalue weighted by Gasteiger charge is 2.32. The van der Waals surface area contributed by atoms with Crippen LogP contribution in [-0.4, -0.2) is 44.2 Å². The van der Waals surface area contributed by atoms with Gasteiger partial charge >= 0.3 is 0 Å². The Morgan fingerprint density at radius 3 is 2.42 bits per heavy atom. The van der Waals surface area contributed by atoms with Gasteiger partial charge in [0.05, 0.1) is 13.2 Å². The quantitative estimate of drug-likeness (QED) is 0.821. The molecule has 0 saturated carbocycles. The largest absolute Gasteiger partial charge is 0.497 e. The van der Waals surface area contributed by atoms with Crippen LogP contribution in [0.15, 0.2) is 48.5 Å². The Balaban J connectivity index is 1.70. The van der Waals surface area contributed by atoms with Crippen LogP contribution in [0.2, 0.25) is 0 Å². The highest BCUT2D eigenvalue weighted by Crippen LogP contribution is 2.25. The lowest BCUT2D eigenvalue weighted by atomic mass is 9.88. The van der Waals surface area contributed by atoms with Gasteiger partial charge in [0, 0.05) is 31.7 Å². The van der Waals surface area contributed by atoms with E-state index < -0.39 is 0 Å². The number of amides is 1. The molecule has 0 spiro atoms. The van der Waals surface area contributed by atoms with Crippen molar-refractivity contribution in [3.05, 3.63) is 65.5 Å². The monoisotopic (exact) mass is 357 g/mol. The summed E-state index contributed by atoms with van der Waals surface area (Å²) in [5.41, 5.74) is 1.71. The van der Waals surface area contributed by atoms with E-state index in [9.17, 15) is 9.18 Å². The standard InChI is InChI=1S/C21H24FNO3/c1-25-19-9-3-15(4-10-19)13-17-14-23(12-11-20(17)26-2)21(24)16-5-7-18(22)8-6-16/h3-10,17,20H,11-14H2,1-2H3/t17-,20-/m0/s1. The molecule has 3 rings (SSSR count). The number of carbonyl (C=O) groups excluding carboxylic acids is 1. The Morgan fingerprint density at radius 2 is 1.81 bits per heavy atom. The average Bonchev–Trinajstić information content (AvgIpc) is 2.68. The Kier molecular flexibility index (Phi) is 5.89. The van der Waals surface area contributed by atoms with Gasteiger partial charge in [-0.25, -0.2) is 4.39 Å². The second-order valence-corrected chi connectivity index (χ2v) is 6.63. The summed E-state index contributed by atoms with van der Waals surface area (Å²) < 4.78 is 24.0. The first-order valence-corrected chi connectivity index (χ1v) is 8.81. The van der Waals surface area contributed by atoms with Crippen LogP contribution in [0.1, 0.15) is 22.3 Å². The van der Waals surface area contributed by atoms with E-state index in [0.717, 1.165) is 18.6 Å². The van der Waals surface area contributed by atoms with Crippen molar-refractivity contribution in [2.75, 3.05) is 27.3 Å². The second kappa shape index (κ2) is 8.32. The SMILES string of the molecule is COc1ccc(C[C@H]2CN(C(=O)c3ccc(F)cc3)CC[C@@H]2OC)cc1. The molecule has 0 N–H and O–H groups in total. The number of hydrogen-bond acceptors (Lipinski definition) is 3. The number of halogens is 1. The van der Waals surface area contributed by atoms with E-state index in [-0.39, 0.29) is 23.7 Å². The zero-order valence-corrected chi connectivity index (χ0v) is 15.2. The van der Waals surface area contributed by atoms with Gasteiger partial charge in [-0.1, -0.05) is 12.1 Å². The molecule has 0 aromatic heterocycles. The molecule has 1 fully saturated rings. The summed E-state index contributed by atoms with van der Waals surface area (Å²) in [4.78, 5) is 14.6. The molecule has 1 amide bonds. The predicted molar refractivity (Wildman–Crippen MR) is 97.9 cm³/mol. The molecule has 0 radical (unpaired) electrons. The Hall–Kier alpha value is -2.40. The van der Waals surface area contributed by atoms with Crippen LogP contribution < -0.4 is 4.74 Å². The van der Waals surface area contributed by atoms with Crippen molar-refractivity contribution in [1.29, 1.82) is 0 Å². The van der Waals surface area contributed by atoms with Gasteiger partial charge in [0.2, 0.25) is 0 Å². The van der Waals surface area contributed by atoms with E-state index in [1.54, 1.807) is 26.4 Å². The summed E-state index contributed by atoms with van der Waals surface area (Å²) in [6.45, 7) is 1.27. The molecule has 0 bridgehead atoms. The van der Waals surface area contributed by atoms with E-state index in [1.165, 1.54) is 17.7 Å². The van der Waals surface area contributed by atoms with E-state index in [4.69, 9.17) is 9.47 Å². The van der Waals surface area contributed by atoms with Crippen LogP contribution in [0.25, 0.3) is 0 Å². The zero-order chi connectivity index (χ0) is 18.5. The van der Waals surface area contributed by atoms with Crippen molar-refractivity contribution < 1.29 is 18.7 Å². The first kappa shape index (κ1) is 18.4. The van der Waals surface area contributed by atoms with Crippen molar-refractivity contribution in [2.45, 2.75) is 18.9 Å². The van der Waals surface area contributed by atoms with Gasteiger partial charge in [-0.15, -0.1) is 0 Å². The topological polar surface area (TPSA) is 38.8 Å². The third-order valence-electron chi connectivity index (χ3n) is 5.00. The van der Waals surface area contributed by atoms with Crippen molar-refractivity contribution >= 4 is 5.91 Å². The highest BCUT2D eigenvalue weighted by molar-refractivity contribution is 5.94. The number of methoxy groups -OCH3 is 2. The fraction of sp³-hybridized carbons (Fsp3) is 0.381. The molecule has 138 valence electrons. The van der Waals surface area contributed by atoms with E-state index in [2.05, 4.69) is 0 Å². The fourth-order valence-corrected chi connectivity index (χ4v) is 3.54. The Morgan fingerprint density at radius 1 is 1.12 bits per heavy atom. The Labute approximate surface area is 153 Å².